The second kappa shape index (κ2) is 6.89. The minimum atomic E-state index is -3.95. The Morgan fingerprint density at radius 2 is 1.57 bits per heavy atom. The predicted octanol–water partition coefficient (Wildman–Crippen LogP) is 2.92. The van der Waals surface area contributed by atoms with Gasteiger partial charge in [-0.3, -0.25) is 0 Å². The summed E-state index contributed by atoms with van der Waals surface area (Å²) in [6.45, 7) is 0. The Labute approximate surface area is 140 Å². The Kier molecular flexibility index (Phi) is 5.12. The first-order valence-corrected chi connectivity index (χ1v) is 8.51. The van der Waals surface area contributed by atoms with Gasteiger partial charge in [-0.05, 0) is 48.5 Å². The highest BCUT2D eigenvalue weighted by Gasteiger charge is 2.17. The van der Waals surface area contributed by atoms with Gasteiger partial charge in [0.05, 0.1) is 4.90 Å². The van der Waals surface area contributed by atoms with Gasteiger partial charge >= 0.3 is 6.03 Å². The number of hydrogen-bond acceptors (Lipinski definition) is 4. The molecule has 0 atom stereocenters. The molecule has 23 heavy (non-hydrogen) atoms. The second-order valence-electron chi connectivity index (χ2n) is 4.95. The average molecular weight is 354 g/mol. The van der Waals surface area contributed by atoms with Crippen molar-refractivity contribution in [2.75, 3.05) is 24.3 Å². The third kappa shape index (κ3) is 4.61. The first-order chi connectivity index (χ1) is 10.8. The Morgan fingerprint density at radius 1 is 1.00 bits per heavy atom. The molecule has 0 aromatic heterocycles. The maximum Gasteiger partial charge on any atom is 0.333 e. The minimum absolute atomic E-state index is 0.0417. The molecule has 0 unspecified atom stereocenters. The first kappa shape index (κ1) is 17.1. The van der Waals surface area contributed by atoms with Crippen LogP contribution in [0.25, 0.3) is 0 Å². The number of amides is 2. The number of urea groups is 1. The fourth-order valence-corrected chi connectivity index (χ4v) is 2.83. The number of carbonyl (C=O) groups excluding carboxylic acids is 1. The molecule has 2 N–H and O–H groups in total. The smallest absolute Gasteiger partial charge is 0.333 e. The molecule has 2 aromatic rings. The van der Waals surface area contributed by atoms with E-state index in [9.17, 15) is 13.2 Å². The van der Waals surface area contributed by atoms with Crippen molar-refractivity contribution in [3.8, 4) is 0 Å². The molecule has 0 aliphatic rings. The SMILES string of the molecule is CN(C)c1ccc(NC(=O)NS(=O)(=O)c2ccc(Cl)cc2)cc1. The number of carbonyl (C=O) groups is 1. The Morgan fingerprint density at radius 3 is 2.09 bits per heavy atom. The standard InChI is InChI=1S/C15H16ClN3O3S/c1-19(2)13-7-5-12(6-8-13)17-15(20)18-23(21,22)14-9-3-11(16)4-10-14/h3-10H,1-2H3,(H2,17,18,20). The van der Waals surface area contributed by atoms with E-state index in [1.165, 1.54) is 24.3 Å². The van der Waals surface area contributed by atoms with Crippen LogP contribution in [0.15, 0.2) is 53.4 Å². The number of rotatable bonds is 4. The zero-order valence-corrected chi connectivity index (χ0v) is 14.1. The van der Waals surface area contributed by atoms with Crippen LogP contribution >= 0.6 is 11.6 Å². The largest absolute Gasteiger partial charge is 0.378 e. The van der Waals surface area contributed by atoms with Crippen molar-refractivity contribution in [3.63, 3.8) is 0 Å². The first-order valence-electron chi connectivity index (χ1n) is 6.65. The summed E-state index contributed by atoms with van der Waals surface area (Å²) in [5.74, 6) is 0. The molecule has 0 aliphatic heterocycles. The molecule has 8 heteroatoms. The van der Waals surface area contributed by atoms with Crippen LogP contribution in [0.5, 0.6) is 0 Å². The van der Waals surface area contributed by atoms with Crippen LogP contribution in [0, 0.1) is 0 Å². The molecule has 0 saturated heterocycles. The van der Waals surface area contributed by atoms with E-state index in [1.807, 2.05) is 35.9 Å². The summed E-state index contributed by atoms with van der Waals surface area (Å²) in [6.07, 6.45) is 0. The molecule has 2 amide bonds. The van der Waals surface area contributed by atoms with Crippen molar-refractivity contribution in [1.29, 1.82) is 0 Å². The summed E-state index contributed by atoms with van der Waals surface area (Å²) in [6, 6.07) is 11.7. The molecular formula is C15H16ClN3O3S. The number of benzene rings is 2. The molecule has 2 rings (SSSR count). The van der Waals surface area contributed by atoms with Gasteiger partial charge in [-0.2, -0.15) is 0 Å². The van der Waals surface area contributed by atoms with Crippen molar-refractivity contribution in [2.24, 2.45) is 0 Å². The molecule has 0 saturated carbocycles. The highest BCUT2D eigenvalue weighted by molar-refractivity contribution is 7.90. The highest BCUT2D eigenvalue weighted by atomic mass is 35.5. The average Bonchev–Trinajstić information content (AvgIpc) is 2.47. The van der Waals surface area contributed by atoms with Gasteiger partial charge in [0.15, 0.2) is 0 Å². The number of anilines is 2. The van der Waals surface area contributed by atoms with Crippen LogP contribution in [0.2, 0.25) is 5.02 Å². The lowest BCUT2D eigenvalue weighted by Gasteiger charge is -2.13. The van der Waals surface area contributed by atoms with E-state index in [4.69, 9.17) is 11.6 Å². The molecule has 0 spiro atoms. The second-order valence-corrected chi connectivity index (χ2v) is 7.07. The summed E-state index contributed by atoms with van der Waals surface area (Å²) in [5, 5.41) is 2.88. The third-order valence-corrected chi connectivity index (χ3v) is 4.59. The van der Waals surface area contributed by atoms with Crippen molar-refractivity contribution < 1.29 is 13.2 Å². The monoisotopic (exact) mass is 353 g/mol. The molecule has 0 bridgehead atoms. The van der Waals surface area contributed by atoms with E-state index in [0.717, 1.165) is 5.69 Å². The predicted molar refractivity (Wildman–Crippen MR) is 91.6 cm³/mol. The molecule has 2 aromatic carbocycles. The molecule has 0 aliphatic carbocycles. The lowest BCUT2D eigenvalue weighted by atomic mass is 10.2. The van der Waals surface area contributed by atoms with Gasteiger partial charge in [-0.1, -0.05) is 11.6 Å². The number of hydrogen-bond donors (Lipinski definition) is 2. The van der Waals surface area contributed by atoms with Gasteiger partial charge in [0.25, 0.3) is 10.0 Å². The molecule has 6 nitrogen and oxygen atoms in total. The number of halogens is 1. The van der Waals surface area contributed by atoms with Crippen molar-refractivity contribution in [1.82, 2.24) is 4.72 Å². The van der Waals surface area contributed by atoms with Crippen molar-refractivity contribution in [2.45, 2.75) is 4.90 Å². The van der Waals surface area contributed by atoms with E-state index in [-0.39, 0.29) is 4.90 Å². The zero-order chi connectivity index (χ0) is 17.0. The molecule has 0 fully saturated rings. The van der Waals surface area contributed by atoms with E-state index < -0.39 is 16.1 Å². The number of nitrogens with one attached hydrogen (secondary N) is 2. The van der Waals surface area contributed by atoms with Crippen molar-refractivity contribution in [3.05, 3.63) is 53.6 Å². The van der Waals surface area contributed by atoms with Gasteiger partial charge < -0.3 is 10.2 Å². The number of sulfonamides is 1. The molecule has 122 valence electrons. The van der Waals surface area contributed by atoms with Gasteiger partial charge in [-0.15, -0.1) is 0 Å². The van der Waals surface area contributed by atoms with Gasteiger partial charge in [0, 0.05) is 30.5 Å². The van der Waals surface area contributed by atoms with E-state index in [1.54, 1.807) is 12.1 Å². The van der Waals surface area contributed by atoms with E-state index >= 15 is 0 Å². The van der Waals surface area contributed by atoms with Crippen LogP contribution < -0.4 is 14.9 Å². The lowest BCUT2D eigenvalue weighted by Crippen LogP contribution is -2.34. The maximum absolute atomic E-state index is 12.1. The Hall–Kier alpha value is -2.25. The molecular weight excluding hydrogens is 338 g/mol. The van der Waals surface area contributed by atoms with Crippen molar-refractivity contribution >= 4 is 39.0 Å². The van der Waals surface area contributed by atoms with E-state index in [0.29, 0.717) is 10.7 Å². The Bertz CT molecular complexity index is 788. The lowest BCUT2D eigenvalue weighted by molar-refractivity contribution is 0.256. The highest BCUT2D eigenvalue weighted by Crippen LogP contribution is 2.16. The van der Waals surface area contributed by atoms with Gasteiger partial charge in [-0.25, -0.2) is 17.9 Å². The quantitative estimate of drug-likeness (QED) is 0.885. The number of nitrogens with zero attached hydrogens (tertiary/aromatic N) is 1. The fourth-order valence-electron chi connectivity index (χ4n) is 1.79. The molecule has 0 heterocycles. The third-order valence-electron chi connectivity index (χ3n) is 2.99. The summed E-state index contributed by atoms with van der Waals surface area (Å²) in [4.78, 5) is 13.7. The normalized spacial score (nSPS) is 10.9. The van der Waals surface area contributed by atoms with Crippen LogP contribution in [0.1, 0.15) is 0 Å². The summed E-state index contributed by atoms with van der Waals surface area (Å²) in [7, 11) is -0.154. The summed E-state index contributed by atoms with van der Waals surface area (Å²) >= 11 is 5.71. The van der Waals surface area contributed by atoms with Crippen LogP contribution in [-0.2, 0) is 10.0 Å². The minimum Gasteiger partial charge on any atom is -0.378 e. The maximum atomic E-state index is 12.1. The molecule has 0 radical (unpaired) electrons. The topological polar surface area (TPSA) is 78.5 Å². The Balaban J connectivity index is 2.05. The van der Waals surface area contributed by atoms with E-state index in [2.05, 4.69) is 5.32 Å². The van der Waals surface area contributed by atoms with Crippen LogP contribution in [-0.4, -0.2) is 28.5 Å². The zero-order valence-electron chi connectivity index (χ0n) is 12.6. The summed E-state index contributed by atoms with van der Waals surface area (Å²) < 4.78 is 26.1. The van der Waals surface area contributed by atoms with Crippen LogP contribution in [0.4, 0.5) is 16.2 Å². The van der Waals surface area contributed by atoms with Crippen LogP contribution in [0.3, 0.4) is 0 Å². The fraction of sp³-hybridized carbons (Fsp3) is 0.133. The van der Waals surface area contributed by atoms with Gasteiger partial charge in [0.2, 0.25) is 0 Å². The van der Waals surface area contributed by atoms with Gasteiger partial charge in [0.1, 0.15) is 0 Å². The summed E-state index contributed by atoms with van der Waals surface area (Å²) in [5.41, 5.74) is 1.45.